The number of carboxylic acids is 1. The summed E-state index contributed by atoms with van der Waals surface area (Å²) in [6.45, 7) is 4.43. The molecule has 0 aromatic rings. The number of hydrogen-bond acceptors (Lipinski definition) is 2. The molecule has 19 heavy (non-hydrogen) atoms. The fourth-order valence-electron chi connectivity index (χ4n) is 3.03. The van der Waals surface area contributed by atoms with Gasteiger partial charge in [0.1, 0.15) is 0 Å². The molecule has 1 unspecified atom stereocenters. The largest absolute Gasteiger partial charge is 0.481 e. The third kappa shape index (κ3) is 4.67. The highest BCUT2D eigenvalue weighted by atomic mass is 19.4. The second kappa shape index (κ2) is 6.59. The Morgan fingerprint density at radius 2 is 1.84 bits per heavy atom. The van der Waals surface area contributed by atoms with E-state index in [1.165, 1.54) is 0 Å². The Hall–Kier alpha value is -0.780. The van der Waals surface area contributed by atoms with E-state index in [0.29, 0.717) is 19.4 Å². The van der Waals surface area contributed by atoms with Gasteiger partial charge in [-0.15, -0.1) is 0 Å². The van der Waals surface area contributed by atoms with Gasteiger partial charge in [-0.2, -0.15) is 13.2 Å². The first-order valence-electron chi connectivity index (χ1n) is 6.80. The average Bonchev–Trinajstić information content (AvgIpc) is 2.28. The molecule has 112 valence electrons. The van der Waals surface area contributed by atoms with Gasteiger partial charge >= 0.3 is 12.1 Å². The van der Waals surface area contributed by atoms with Crippen LogP contribution in [-0.4, -0.2) is 40.8 Å². The van der Waals surface area contributed by atoms with Crippen molar-refractivity contribution >= 4 is 5.97 Å². The van der Waals surface area contributed by atoms with Crippen molar-refractivity contribution in [3.63, 3.8) is 0 Å². The molecule has 1 rings (SSSR count). The second-order valence-corrected chi connectivity index (χ2v) is 5.32. The molecular weight excluding hydrogens is 259 g/mol. The molecule has 1 aliphatic rings. The Bertz CT molecular complexity index is 299. The van der Waals surface area contributed by atoms with E-state index >= 15 is 0 Å². The Morgan fingerprint density at radius 3 is 2.21 bits per heavy atom. The number of carbonyl (C=O) groups is 1. The van der Waals surface area contributed by atoms with Crippen molar-refractivity contribution in [2.24, 2.45) is 5.92 Å². The van der Waals surface area contributed by atoms with Gasteiger partial charge in [0.15, 0.2) is 0 Å². The molecule has 1 N–H and O–H groups in total. The summed E-state index contributed by atoms with van der Waals surface area (Å²) in [6, 6.07) is -0.0483. The summed E-state index contributed by atoms with van der Waals surface area (Å²) in [6.07, 6.45) is -2.74. The molecule has 0 aromatic carbocycles. The quantitative estimate of drug-likeness (QED) is 0.840. The van der Waals surface area contributed by atoms with Gasteiger partial charge in [-0.3, -0.25) is 9.69 Å². The molecule has 0 aromatic heterocycles. The Kier molecular flexibility index (Phi) is 5.64. The number of halogens is 3. The van der Waals surface area contributed by atoms with E-state index in [-0.39, 0.29) is 31.3 Å². The number of carboxylic acid groups (broad SMARTS) is 1. The van der Waals surface area contributed by atoms with E-state index < -0.39 is 18.1 Å². The zero-order chi connectivity index (χ0) is 14.6. The van der Waals surface area contributed by atoms with Crippen molar-refractivity contribution in [2.45, 2.75) is 64.2 Å². The molecule has 0 spiro atoms. The highest BCUT2D eigenvalue weighted by Gasteiger charge is 2.42. The molecule has 0 heterocycles. The molecular formula is C13H22F3NO2. The van der Waals surface area contributed by atoms with Gasteiger partial charge in [-0.05, 0) is 39.2 Å². The second-order valence-electron chi connectivity index (χ2n) is 5.32. The van der Waals surface area contributed by atoms with Crippen LogP contribution >= 0.6 is 0 Å². The van der Waals surface area contributed by atoms with E-state index in [2.05, 4.69) is 0 Å². The minimum absolute atomic E-state index is 0.0348. The number of hydrogen-bond donors (Lipinski definition) is 1. The monoisotopic (exact) mass is 281 g/mol. The average molecular weight is 281 g/mol. The molecule has 3 nitrogen and oxygen atoms in total. The topological polar surface area (TPSA) is 40.5 Å². The molecule has 1 atom stereocenters. The maximum atomic E-state index is 12.6. The number of nitrogens with zero attached hydrogens (tertiary/aromatic N) is 1. The number of rotatable bonds is 5. The normalized spacial score (nSPS) is 26.4. The van der Waals surface area contributed by atoms with Crippen LogP contribution < -0.4 is 0 Å². The van der Waals surface area contributed by atoms with Crippen LogP contribution in [0.4, 0.5) is 13.2 Å². The predicted molar refractivity (Wildman–Crippen MR) is 65.9 cm³/mol. The maximum Gasteiger partial charge on any atom is 0.391 e. The summed E-state index contributed by atoms with van der Waals surface area (Å²) < 4.78 is 37.8. The lowest BCUT2D eigenvalue weighted by Gasteiger charge is -2.39. The van der Waals surface area contributed by atoms with Crippen LogP contribution in [0.5, 0.6) is 0 Å². The highest BCUT2D eigenvalue weighted by molar-refractivity contribution is 5.67. The van der Waals surface area contributed by atoms with Crippen LogP contribution in [0.25, 0.3) is 0 Å². The van der Waals surface area contributed by atoms with Gasteiger partial charge in [-0.1, -0.05) is 6.92 Å². The Balaban J connectivity index is 2.54. The zero-order valence-corrected chi connectivity index (χ0v) is 11.4. The molecule has 0 saturated heterocycles. The summed E-state index contributed by atoms with van der Waals surface area (Å²) in [7, 11) is 0. The minimum atomic E-state index is -4.09. The summed E-state index contributed by atoms with van der Waals surface area (Å²) >= 11 is 0. The van der Waals surface area contributed by atoms with Crippen molar-refractivity contribution in [1.29, 1.82) is 0 Å². The van der Waals surface area contributed by atoms with Gasteiger partial charge in [-0.25, -0.2) is 0 Å². The number of alkyl halides is 3. The molecule has 0 amide bonds. The minimum Gasteiger partial charge on any atom is -0.481 e. The van der Waals surface area contributed by atoms with Gasteiger partial charge in [0, 0.05) is 12.1 Å². The summed E-state index contributed by atoms with van der Waals surface area (Å²) in [5, 5.41) is 8.80. The first-order chi connectivity index (χ1) is 8.75. The highest BCUT2D eigenvalue weighted by Crippen LogP contribution is 2.39. The summed E-state index contributed by atoms with van der Waals surface area (Å²) in [5.41, 5.74) is 0. The van der Waals surface area contributed by atoms with Crippen molar-refractivity contribution in [3.05, 3.63) is 0 Å². The Labute approximate surface area is 111 Å². The Morgan fingerprint density at radius 1 is 1.32 bits per heavy atom. The third-order valence-electron chi connectivity index (χ3n) is 4.03. The fourth-order valence-corrected chi connectivity index (χ4v) is 3.03. The van der Waals surface area contributed by atoms with Crippen molar-refractivity contribution in [1.82, 2.24) is 4.90 Å². The SMILES string of the molecule is CCN(C(C)CC(=O)O)C1CCC(C(F)(F)F)CC1. The van der Waals surface area contributed by atoms with Crippen LogP contribution in [-0.2, 0) is 4.79 Å². The van der Waals surface area contributed by atoms with Crippen LogP contribution in [0.2, 0.25) is 0 Å². The van der Waals surface area contributed by atoms with E-state index in [1.807, 2.05) is 18.7 Å². The smallest absolute Gasteiger partial charge is 0.391 e. The number of aliphatic carboxylic acids is 1. The van der Waals surface area contributed by atoms with Gasteiger partial charge in [0.25, 0.3) is 0 Å². The molecule has 1 aliphatic carbocycles. The lowest BCUT2D eigenvalue weighted by Crippen LogP contribution is -2.45. The van der Waals surface area contributed by atoms with E-state index in [1.54, 1.807) is 0 Å². The molecule has 0 radical (unpaired) electrons. The molecule has 6 heteroatoms. The van der Waals surface area contributed by atoms with Gasteiger partial charge in [0.05, 0.1) is 12.3 Å². The summed E-state index contributed by atoms with van der Waals surface area (Å²) in [5.74, 6) is -2.05. The van der Waals surface area contributed by atoms with Crippen LogP contribution in [0.15, 0.2) is 0 Å². The lowest BCUT2D eigenvalue weighted by molar-refractivity contribution is -0.184. The van der Waals surface area contributed by atoms with E-state index in [4.69, 9.17) is 5.11 Å². The van der Waals surface area contributed by atoms with Crippen LogP contribution in [0.3, 0.4) is 0 Å². The van der Waals surface area contributed by atoms with Crippen LogP contribution in [0, 0.1) is 5.92 Å². The van der Waals surface area contributed by atoms with Crippen molar-refractivity contribution in [2.75, 3.05) is 6.54 Å². The molecule has 1 saturated carbocycles. The predicted octanol–water partition coefficient (Wildman–Crippen LogP) is 3.29. The van der Waals surface area contributed by atoms with Gasteiger partial charge < -0.3 is 5.11 Å². The summed E-state index contributed by atoms with van der Waals surface area (Å²) in [4.78, 5) is 12.7. The third-order valence-corrected chi connectivity index (χ3v) is 4.03. The van der Waals surface area contributed by atoms with Crippen molar-refractivity contribution < 1.29 is 23.1 Å². The van der Waals surface area contributed by atoms with Crippen LogP contribution in [0.1, 0.15) is 46.0 Å². The lowest BCUT2D eigenvalue weighted by atomic mass is 9.84. The van der Waals surface area contributed by atoms with Crippen molar-refractivity contribution in [3.8, 4) is 0 Å². The van der Waals surface area contributed by atoms with E-state index in [9.17, 15) is 18.0 Å². The first kappa shape index (κ1) is 16.3. The van der Waals surface area contributed by atoms with E-state index in [0.717, 1.165) is 0 Å². The molecule has 1 fully saturated rings. The maximum absolute atomic E-state index is 12.6. The standard InChI is InChI=1S/C13H22F3NO2/c1-3-17(9(2)8-12(18)19)11-6-4-10(5-7-11)13(14,15)16/h9-11H,3-8H2,1-2H3,(H,18,19). The fraction of sp³-hybridized carbons (Fsp3) is 0.923. The molecule has 0 aliphatic heterocycles. The van der Waals surface area contributed by atoms with Gasteiger partial charge in [0.2, 0.25) is 0 Å². The first-order valence-corrected chi connectivity index (χ1v) is 6.80. The molecule has 0 bridgehead atoms. The zero-order valence-electron chi connectivity index (χ0n) is 11.4.